The highest BCUT2D eigenvalue weighted by Gasteiger charge is 2.11. The van der Waals surface area contributed by atoms with Crippen LogP contribution >= 0.6 is 0 Å². The van der Waals surface area contributed by atoms with E-state index in [0.29, 0.717) is 11.3 Å². The van der Waals surface area contributed by atoms with Crippen LogP contribution in [0.15, 0.2) is 18.2 Å². The number of amides is 2. The van der Waals surface area contributed by atoms with E-state index >= 15 is 0 Å². The number of likely N-dealkylation sites (N-methyl/N-ethyl adjacent to an activating group) is 1. The van der Waals surface area contributed by atoms with E-state index in [9.17, 15) is 14.4 Å². The molecule has 0 aliphatic heterocycles. The molecule has 0 atom stereocenters. The van der Waals surface area contributed by atoms with Gasteiger partial charge in [-0.2, -0.15) is 0 Å². The zero-order valence-electron chi connectivity index (χ0n) is 11.1. The fourth-order valence-corrected chi connectivity index (χ4v) is 1.51. The highest BCUT2D eigenvalue weighted by atomic mass is 16.4. The van der Waals surface area contributed by atoms with Crippen molar-refractivity contribution in [3.8, 4) is 0 Å². The number of carboxylic acid groups (broad SMARTS) is 1. The van der Waals surface area contributed by atoms with Crippen LogP contribution in [0.2, 0.25) is 0 Å². The van der Waals surface area contributed by atoms with Gasteiger partial charge in [0.2, 0.25) is 11.8 Å². The molecule has 0 saturated carbocycles. The van der Waals surface area contributed by atoms with Crippen LogP contribution in [-0.4, -0.2) is 41.4 Å². The Hall–Kier alpha value is -2.37. The highest BCUT2D eigenvalue weighted by Crippen LogP contribution is 2.15. The SMILES string of the molecule is CC(=O)N(C)CC(=O)Nc1ccc(C(=O)O)c(C)c1. The fourth-order valence-electron chi connectivity index (χ4n) is 1.51. The van der Waals surface area contributed by atoms with Crippen molar-refractivity contribution < 1.29 is 19.5 Å². The van der Waals surface area contributed by atoms with Gasteiger partial charge in [-0.15, -0.1) is 0 Å². The summed E-state index contributed by atoms with van der Waals surface area (Å²) in [5, 5.41) is 11.5. The first-order valence-corrected chi connectivity index (χ1v) is 5.66. The minimum atomic E-state index is -1.01. The first-order valence-electron chi connectivity index (χ1n) is 5.66. The third-order valence-corrected chi connectivity index (χ3v) is 2.66. The topological polar surface area (TPSA) is 86.7 Å². The number of rotatable bonds is 4. The first-order chi connectivity index (χ1) is 8.81. The second kappa shape index (κ2) is 5.99. The van der Waals surface area contributed by atoms with Crippen LogP contribution in [0.5, 0.6) is 0 Å². The second-order valence-corrected chi connectivity index (χ2v) is 4.26. The Labute approximate surface area is 111 Å². The molecule has 0 spiro atoms. The Balaban J connectivity index is 2.73. The molecule has 0 unspecified atom stereocenters. The molecular weight excluding hydrogens is 248 g/mol. The number of hydrogen-bond donors (Lipinski definition) is 2. The zero-order valence-corrected chi connectivity index (χ0v) is 11.1. The lowest BCUT2D eigenvalue weighted by Crippen LogP contribution is -2.33. The molecule has 0 aromatic heterocycles. The predicted octanol–water partition coefficient (Wildman–Crippen LogP) is 1.11. The largest absolute Gasteiger partial charge is 0.478 e. The lowest BCUT2D eigenvalue weighted by atomic mass is 10.1. The van der Waals surface area contributed by atoms with Crippen LogP contribution < -0.4 is 5.32 Å². The standard InChI is InChI=1S/C13H16N2O4/c1-8-6-10(4-5-11(8)13(18)19)14-12(17)7-15(3)9(2)16/h4-6H,7H2,1-3H3,(H,14,17)(H,18,19). The third-order valence-electron chi connectivity index (χ3n) is 2.66. The van der Waals surface area contributed by atoms with E-state index in [-0.39, 0.29) is 23.9 Å². The Bertz CT molecular complexity index is 525. The summed E-state index contributed by atoms with van der Waals surface area (Å²) in [5.41, 5.74) is 1.26. The second-order valence-electron chi connectivity index (χ2n) is 4.26. The Morgan fingerprint density at radius 1 is 1.32 bits per heavy atom. The summed E-state index contributed by atoms with van der Waals surface area (Å²) in [6, 6.07) is 4.53. The molecular formula is C13H16N2O4. The van der Waals surface area contributed by atoms with Crippen LogP contribution in [0.4, 0.5) is 5.69 Å². The number of aryl methyl sites for hydroxylation is 1. The van der Waals surface area contributed by atoms with Crippen molar-refractivity contribution >= 4 is 23.5 Å². The molecule has 0 heterocycles. The zero-order chi connectivity index (χ0) is 14.6. The number of nitrogens with one attached hydrogen (secondary N) is 1. The molecule has 0 aliphatic carbocycles. The fraction of sp³-hybridized carbons (Fsp3) is 0.308. The smallest absolute Gasteiger partial charge is 0.335 e. The molecule has 102 valence electrons. The predicted molar refractivity (Wildman–Crippen MR) is 70.1 cm³/mol. The number of nitrogens with zero attached hydrogens (tertiary/aromatic N) is 1. The van der Waals surface area contributed by atoms with Crippen molar-refractivity contribution in [1.29, 1.82) is 0 Å². The molecule has 6 nitrogen and oxygen atoms in total. The average molecular weight is 264 g/mol. The summed E-state index contributed by atoms with van der Waals surface area (Å²) >= 11 is 0. The molecule has 0 radical (unpaired) electrons. The Morgan fingerprint density at radius 3 is 2.42 bits per heavy atom. The molecule has 0 fully saturated rings. The summed E-state index contributed by atoms with van der Waals surface area (Å²) in [6.45, 7) is 2.98. The molecule has 0 saturated heterocycles. The van der Waals surface area contributed by atoms with E-state index in [4.69, 9.17) is 5.11 Å². The van der Waals surface area contributed by atoms with E-state index in [1.165, 1.54) is 31.0 Å². The summed E-state index contributed by atoms with van der Waals surface area (Å²) in [7, 11) is 1.53. The number of carbonyl (C=O) groups excluding carboxylic acids is 2. The quantitative estimate of drug-likeness (QED) is 0.852. The summed E-state index contributed by atoms with van der Waals surface area (Å²) in [4.78, 5) is 34.8. The number of carboxylic acids is 1. The van der Waals surface area contributed by atoms with Crippen molar-refractivity contribution in [3.63, 3.8) is 0 Å². The van der Waals surface area contributed by atoms with Crippen LogP contribution in [-0.2, 0) is 9.59 Å². The molecule has 0 aliphatic rings. The van der Waals surface area contributed by atoms with Crippen molar-refractivity contribution in [1.82, 2.24) is 4.90 Å². The molecule has 6 heteroatoms. The van der Waals surface area contributed by atoms with Crippen molar-refractivity contribution in [2.24, 2.45) is 0 Å². The molecule has 2 amide bonds. The number of carbonyl (C=O) groups is 3. The van der Waals surface area contributed by atoms with Gasteiger partial charge < -0.3 is 15.3 Å². The van der Waals surface area contributed by atoms with E-state index in [0.717, 1.165) is 0 Å². The van der Waals surface area contributed by atoms with Crippen LogP contribution in [0.1, 0.15) is 22.8 Å². The Kier molecular flexibility index (Phi) is 4.63. The van der Waals surface area contributed by atoms with Gasteiger partial charge in [-0.1, -0.05) is 0 Å². The van der Waals surface area contributed by atoms with Crippen LogP contribution in [0, 0.1) is 6.92 Å². The van der Waals surface area contributed by atoms with Crippen molar-refractivity contribution in [3.05, 3.63) is 29.3 Å². The van der Waals surface area contributed by atoms with E-state index in [1.54, 1.807) is 13.0 Å². The third kappa shape index (κ3) is 4.09. The van der Waals surface area contributed by atoms with Gasteiger partial charge in [0, 0.05) is 19.7 Å². The van der Waals surface area contributed by atoms with Gasteiger partial charge in [0.1, 0.15) is 0 Å². The van der Waals surface area contributed by atoms with Gasteiger partial charge in [-0.3, -0.25) is 9.59 Å². The van der Waals surface area contributed by atoms with Crippen LogP contribution in [0.25, 0.3) is 0 Å². The molecule has 1 rings (SSSR count). The van der Waals surface area contributed by atoms with Gasteiger partial charge in [0.05, 0.1) is 12.1 Å². The van der Waals surface area contributed by atoms with Crippen molar-refractivity contribution in [2.45, 2.75) is 13.8 Å². The molecule has 0 bridgehead atoms. The van der Waals surface area contributed by atoms with E-state index in [2.05, 4.69) is 5.32 Å². The molecule has 19 heavy (non-hydrogen) atoms. The average Bonchev–Trinajstić information content (AvgIpc) is 2.27. The van der Waals surface area contributed by atoms with E-state index in [1.807, 2.05) is 0 Å². The van der Waals surface area contributed by atoms with Gasteiger partial charge in [0.25, 0.3) is 0 Å². The van der Waals surface area contributed by atoms with Gasteiger partial charge in [0.15, 0.2) is 0 Å². The van der Waals surface area contributed by atoms with Crippen molar-refractivity contribution in [2.75, 3.05) is 18.9 Å². The number of aromatic carboxylic acids is 1. The van der Waals surface area contributed by atoms with E-state index < -0.39 is 5.97 Å². The lowest BCUT2D eigenvalue weighted by molar-refractivity contribution is -0.131. The lowest BCUT2D eigenvalue weighted by Gasteiger charge is -2.14. The number of benzene rings is 1. The number of anilines is 1. The number of hydrogen-bond acceptors (Lipinski definition) is 3. The highest BCUT2D eigenvalue weighted by molar-refractivity contribution is 5.95. The van der Waals surface area contributed by atoms with Crippen LogP contribution in [0.3, 0.4) is 0 Å². The minimum absolute atomic E-state index is 0.0466. The minimum Gasteiger partial charge on any atom is -0.478 e. The maximum absolute atomic E-state index is 11.6. The monoisotopic (exact) mass is 264 g/mol. The maximum Gasteiger partial charge on any atom is 0.335 e. The molecule has 2 N–H and O–H groups in total. The summed E-state index contributed by atoms with van der Waals surface area (Å²) in [6.07, 6.45) is 0. The Morgan fingerprint density at radius 2 is 1.95 bits per heavy atom. The van der Waals surface area contributed by atoms with Gasteiger partial charge in [-0.05, 0) is 30.7 Å². The summed E-state index contributed by atoms with van der Waals surface area (Å²) < 4.78 is 0. The van der Waals surface area contributed by atoms with Gasteiger partial charge >= 0.3 is 5.97 Å². The maximum atomic E-state index is 11.6. The molecule has 1 aromatic rings. The first kappa shape index (κ1) is 14.7. The van der Waals surface area contributed by atoms with Gasteiger partial charge in [-0.25, -0.2) is 4.79 Å². The summed E-state index contributed by atoms with van der Waals surface area (Å²) in [5.74, 6) is -1.54. The normalized spacial score (nSPS) is 9.84. The molecule has 1 aromatic carbocycles.